The van der Waals surface area contributed by atoms with Crippen molar-refractivity contribution in [3.8, 4) is 0 Å². The molecule has 0 aliphatic heterocycles. The Bertz CT molecular complexity index is 494. The zero-order valence-corrected chi connectivity index (χ0v) is 10.2. The van der Waals surface area contributed by atoms with Crippen molar-refractivity contribution in [1.82, 2.24) is 0 Å². The fourth-order valence-electron chi connectivity index (χ4n) is 1.90. The molecule has 2 N–H and O–H groups in total. The molecule has 16 heavy (non-hydrogen) atoms. The summed E-state index contributed by atoms with van der Waals surface area (Å²) in [4.78, 5) is 0. The predicted octanol–water partition coefficient (Wildman–Crippen LogP) is 3.89. The minimum Gasteiger partial charge on any atom is -0.324 e. The third-order valence-electron chi connectivity index (χ3n) is 3.07. The maximum absolute atomic E-state index is 6.26. The van der Waals surface area contributed by atoms with E-state index in [1.54, 1.807) is 0 Å². The first-order valence-electron chi connectivity index (χ1n) is 5.73. The SMILES string of the molecule is CC(C)(C)[C@H](N)c1ccc2ccccc2c1. The summed E-state index contributed by atoms with van der Waals surface area (Å²) >= 11 is 0. The zero-order valence-electron chi connectivity index (χ0n) is 10.2. The fraction of sp³-hybridized carbons (Fsp3) is 0.333. The Morgan fingerprint density at radius 2 is 1.56 bits per heavy atom. The van der Waals surface area contributed by atoms with Crippen molar-refractivity contribution in [1.29, 1.82) is 0 Å². The molecule has 0 aromatic heterocycles. The van der Waals surface area contributed by atoms with Crippen molar-refractivity contribution in [2.24, 2.45) is 11.1 Å². The van der Waals surface area contributed by atoms with Gasteiger partial charge in [0.25, 0.3) is 0 Å². The fourth-order valence-corrected chi connectivity index (χ4v) is 1.90. The summed E-state index contributed by atoms with van der Waals surface area (Å²) in [6, 6.07) is 15.0. The molecule has 0 unspecified atom stereocenters. The molecule has 1 heteroatoms. The van der Waals surface area contributed by atoms with Gasteiger partial charge >= 0.3 is 0 Å². The highest BCUT2D eigenvalue weighted by molar-refractivity contribution is 5.83. The number of hydrogen-bond donors (Lipinski definition) is 1. The Hall–Kier alpha value is -1.34. The monoisotopic (exact) mass is 213 g/mol. The van der Waals surface area contributed by atoms with Gasteiger partial charge in [0.2, 0.25) is 0 Å². The number of nitrogens with two attached hydrogens (primary N) is 1. The molecule has 0 fully saturated rings. The molecule has 0 saturated carbocycles. The molecule has 0 bridgehead atoms. The Labute approximate surface area is 97.3 Å². The Morgan fingerprint density at radius 3 is 2.19 bits per heavy atom. The van der Waals surface area contributed by atoms with Crippen molar-refractivity contribution >= 4 is 10.8 Å². The quantitative estimate of drug-likeness (QED) is 0.764. The highest BCUT2D eigenvalue weighted by atomic mass is 14.7. The van der Waals surface area contributed by atoms with Crippen LogP contribution in [0.5, 0.6) is 0 Å². The van der Waals surface area contributed by atoms with Crippen molar-refractivity contribution in [3.05, 3.63) is 48.0 Å². The third kappa shape index (κ3) is 2.10. The predicted molar refractivity (Wildman–Crippen MR) is 70.3 cm³/mol. The van der Waals surface area contributed by atoms with Crippen LogP contribution in [0.4, 0.5) is 0 Å². The van der Waals surface area contributed by atoms with E-state index in [2.05, 4.69) is 63.2 Å². The number of rotatable bonds is 1. The van der Waals surface area contributed by atoms with Crippen LogP contribution in [0.25, 0.3) is 10.8 Å². The van der Waals surface area contributed by atoms with Crippen LogP contribution < -0.4 is 5.73 Å². The maximum atomic E-state index is 6.26. The smallest absolute Gasteiger partial charge is 0.0344 e. The van der Waals surface area contributed by atoms with Gasteiger partial charge in [-0.05, 0) is 27.8 Å². The van der Waals surface area contributed by atoms with E-state index in [1.807, 2.05) is 0 Å². The molecule has 0 saturated heterocycles. The van der Waals surface area contributed by atoms with Crippen LogP contribution in [0, 0.1) is 5.41 Å². The van der Waals surface area contributed by atoms with Crippen molar-refractivity contribution in [3.63, 3.8) is 0 Å². The molecule has 0 aliphatic carbocycles. The highest BCUT2D eigenvalue weighted by Gasteiger charge is 2.22. The van der Waals surface area contributed by atoms with Crippen LogP contribution in [-0.4, -0.2) is 0 Å². The minimum absolute atomic E-state index is 0.0807. The molecule has 2 rings (SSSR count). The molecule has 0 radical (unpaired) electrons. The van der Waals surface area contributed by atoms with E-state index in [0.717, 1.165) is 0 Å². The zero-order chi connectivity index (χ0) is 11.8. The van der Waals surface area contributed by atoms with Crippen molar-refractivity contribution < 1.29 is 0 Å². The van der Waals surface area contributed by atoms with Crippen LogP contribution in [0.2, 0.25) is 0 Å². The van der Waals surface area contributed by atoms with Crippen LogP contribution in [0.1, 0.15) is 32.4 Å². The summed E-state index contributed by atoms with van der Waals surface area (Å²) < 4.78 is 0. The van der Waals surface area contributed by atoms with Gasteiger partial charge < -0.3 is 5.73 Å². The third-order valence-corrected chi connectivity index (χ3v) is 3.07. The lowest BCUT2D eigenvalue weighted by Gasteiger charge is -2.27. The molecule has 1 nitrogen and oxygen atoms in total. The van der Waals surface area contributed by atoms with Gasteiger partial charge in [0.05, 0.1) is 0 Å². The van der Waals surface area contributed by atoms with E-state index in [-0.39, 0.29) is 11.5 Å². The molecule has 0 heterocycles. The van der Waals surface area contributed by atoms with E-state index < -0.39 is 0 Å². The molecule has 0 amide bonds. The van der Waals surface area contributed by atoms with Gasteiger partial charge in [-0.15, -0.1) is 0 Å². The van der Waals surface area contributed by atoms with Gasteiger partial charge in [0, 0.05) is 6.04 Å². The normalized spacial score (nSPS) is 14.0. The second-order valence-electron chi connectivity index (χ2n) is 5.45. The number of hydrogen-bond acceptors (Lipinski definition) is 1. The molecule has 2 aromatic carbocycles. The lowest BCUT2D eigenvalue weighted by atomic mass is 9.82. The van der Waals surface area contributed by atoms with Gasteiger partial charge in [-0.3, -0.25) is 0 Å². The van der Waals surface area contributed by atoms with Crippen LogP contribution in [0.15, 0.2) is 42.5 Å². The lowest BCUT2D eigenvalue weighted by Crippen LogP contribution is -2.26. The van der Waals surface area contributed by atoms with Gasteiger partial charge in [0.15, 0.2) is 0 Å². The number of benzene rings is 2. The van der Waals surface area contributed by atoms with Crippen molar-refractivity contribution in [2.45, 2.75) is 26.8 Å². The molecule has 0 spiro atoms. The van der Waals surface area contributed by atoms with Gasteiger partial charge in [-0.25, -0.2) is 0 Å². The van der Waals surface area contributed by atoms with Crippen molar-refractivity contribution in [2.75, 3.05) is 0 Å². The first-order chi connectivity index (χ1) is 7.48. The average Bonchev–Trinajstić information content (AvgIpc) is 2.26. The summed E-state index contributed by atoms with van der Waals surface area (Å²) in [5, 5.41) is 2.53. The second kappa shape index (κ2) is 3.91. The summed E-state index contributed by atoms with van der Waals surface area (Å²) in [7, 11) is 0. The van der Waals surface area contributed by atoms with E-state index in [4.69, 9.17) is 5.73 Å². The van der Waals surface area contributed by atoms with Gasteiger partial charge in [-0.1, -0.05) is 57.2 Å². The number of fused-ring (bicyclic) bond motifs is 1. The van der Waals surface area contributed by atoms with E-state index in [0.29, 0.717) is 0 Å². The molecule has 2 aromatic rings. The topological polar surface area (TPSA) is 26.0 Å². The summed E-state index contributed by atoms with van der Waals surface area (Å²) in [6.07, 6.45) is 0. The molecule has 84 valence electrons. The first kappa shape index (κ1) is 11.2. The van der Waals surface area contributed by atoms with E-state index >= 15 is 0 Å². The van der Waals surface area contributed by atoms with Crippen LogP contribution in [0.3, 0.4) is 0 Å². The van der Waals surface area contributed by atoms with E-state index in [1.165, 1.54) is 16.3 Å². The molecule has 1 atom stereocenters. The van der Waals surface area contributed by atoms with Crippen LogP contribution in [-0.2, 0) is 0 Å². The van der Waals surface area contributed by atoms with Gasteiger partial charge in [0.1, 0.15) is 0 Å². The highest BCUT2D eigenvalue weighted by Crippen LogP contribution is 2.31. The second-order valence-corrected chi connectivity index (χ2v) is 5.45. The molecular formula is C15H19N. The van der Waals surface area contributed by atoms with E-state index in [9.17, 15) is 0 Å². The largest absolute Gasteiger partial charge is 0.324 e. The standard InChI is InChI=1S/C15H19N/c1-15(2,3)14(16)13-9-8-11-6-4-5-7-12(11)10-13/h4-10,14H,16H2,1-3H3/t14-/m1/s1. The lowest BCUT2D eigenvalue weighted by molar-refractivity contribution is 0.327. The first-order valence-corrected chi connectivity index (χ1v) is 5.73. The molecular weight excluding hydrogens is 194 g/mol. The minimum atomic E-state index is 0.0807. The summed E-state index contributed by atoms with van der Waals surface area (Å²) in [5.74, 6) is 0. The maximum Gasteiger partial charge on any atom is 0.0344 e. The summed E-state index contributed by atoms with van der Waals surface area (Å²) in [5.41, 5.74) is 7.58. The molecule has 0 aliphatic rings. The Morgan fingerprint density at radius 1 is 0.938 bits per heavy atom. The van der Waals surface area contributed by atoms with Crippen LogP contribution >= 0.6 is 0 Å². The summed E-state index contributed by atoms with van der Waals surface area (Å²) in [6.45, 7) is 6.52. The average molecular weight is 213 g/mol. The Kier molecular flexibility index (Phi) is 2.73. The Balaban J connectivity index is 2.47. The van der Waals surface area contributed by atoms with Gasteiger partial charge in [-0.2, -0.15) is 0 Å².